The molecule has 0 saturated heterocycles. The molecule has 364 valence electrons. The van der Waals surface area contributed by atoms with Gasteiger partial charge in [-0.05, 0) is 51.4 Å². The summed E-state index contributed by atoms with van der Waals surface area (Å²) in [6.45, 7) is 6.64. The van der Waals surface area contributed by atoms with Gasteiger partial charge in [0, 0.05) is 19.3 Å². The Labute approximate surface area is 385 Å². The van der Waals surface area contributed by atoms with Crippen molar-refractivity contribution in [1.82, 2.24) is 0 Å². The molecule has 0 aromatic heterocycles. The van der Waals surface area contributed by atoms with Gasteiger partial charge in [0.15, 0.2) is 6.10 Å². The minimum Gasteiger partial charge on any atom is -0.462 e. The molecule has 6 nitrogen and oxygen atoms in total. The first kappa shape index (κ1) is 59.9. The fourth-order valence-electron chi connectivity index (χ4n) is 8.06. The van der Waals surface area contributed by atoms with E-state index in [1.165, 1.54) is 186 Å². The summed E-state index contributed by atoms with van der Waals surface area (Å²) >= 11 is 0. The summed E-state index contributed by atoms with van der Waals surface area (Å²) in [6, 6.07) is 0. The van der Waals surface area contributed by atoms with Crippen molar-refractivity contribution in [3.8, 4) is 0 Å². The topological polar surface area (TPSA) is 78.9 Å². The minimum atomic E-state index is -0.768. The third kappa shape index (κ3) is 48.9. The van der Waals surface area contributed by atoms with Crippen molar-refractivity contribution in [3.63, 3.8) is 0 Å². The van der Waals surface area contributed by atoms with E-state index in [4.69, 9.17) is 14.2 Å². The Morgan fingerprint density at radius 1 is 0.323 bits per heavy atom. The first-order valence-electron chi connectivity index (χ1n) is 27.3. The van der Waals surface area contributed by atoms with Gasteiger partial charge in [-0.2, -0.15) is 0 Å². The first-order chi connectivity index (χ1) is 30.5. The number of carbonyl (C=O) groups is 3. The second-order valence-corrected chi connectivity index (χ2v) is 18.5. The van der Waals surface area contributed by atoms with Gasteiger partial charge in [-0.15, -0.1) is 0 Å². The quantitative estimate of drug-likeness (QED) is 0.0262. The van der Waals surface area contributed by atoms with Crippen LogP contribution in [-0.2, 0) is 28.6 Å². The maximum Gasteiger partial charge on any atom is 0.306 e. The summed E-state index contributed by atoms with van der Waals surface area (Å²) in [5, 5.41) is 0. The molecule has 0 rings (SSSR count). The molecule has 6 heteroatoms. The Balaban J connectivity index is 4.32. The van der Waals surface area contributed by atoms with E-state index in [1.54, 1.807) is 0 Å². The second kappa shape index (κ2) is 51.5. The SMILES string of the molecule is CCCCC/C=C\C/C=C\CCCCCCCCCC(=O)OC[C@@H](COC(=O)CCCCCCCCCCCCC)OC(=O)CCCCCCCCCCCCCCCCCC. The average Bonchev–Trinajstić information content (AvgIpc) is 3.27. The third-order valence-corrected chi connectivity index (χ3v) is 12.2. The fourth-order valence-corrected chi connectivity index (χ4v) is 8.06. The Morgan fingerprint density at radius 3 is 0.919 bits per heavy atom. The maximum absolute atomic E-state index is 12.8. The lowest BCUT2D eigenvalue weighted by molar-refractivity contribution is -0.167. The molecular formula is C56H104O6. The predicted octanol–water partition coefficient (Wildman–Crippen LogP) is 17.9. The van der Waals surface area contributed by atoms with Crippen LogP contribution in [0.2, 0.25) is 0 Å². The molecule has 0 aliphatic carbocycles. The van der Waals surface area contributed by atoms with Crippen LogP contribution in [0.5, 0.6) is 0 Å². The van der Waals surface area contributed by atoms with E-state index in [9.17, 15) is 14.4 Å². The number of ether oxygens (including phenoxy) is 3. The molecule has 0 saturated carbocycles. The van der Waals surface area contributed by atoms with Crippen molar-refractivity contribution in [2.24, 2.45) is 0 Å². The lowest BCUT2D eigenvalue weighted by atomic mass is 10.0. The molecular weight excluding hydrogens is 769 g/mol. The summed E-state index contributed by atoms with van der Waals surface area (Å²) in [7, 11) is 0. The molecule has 0 heterocycles. The van der Waals surface area contributed by atoms with E-state index in [1.807, 2.05) is 0 Å². The molecule has 0 fully saturated rings. The van der Waals surface area contributed by atoms with Crippen LogP contribution in [0.3, 0.4) is 0 Å². The lowest BCUT2D eigenvalue weighted by Gasteiger charge is -2.18. The fraction of sp³-hybridized carbons (Fsp3) is 0.875. The van der Waals surface area contributed by atoms with E-state index in [-0.39, 0.29) is 31.1 Å². The van der Waals surface area contributed by atoms with Gasteiger partial charge >= 0.3 is 17.9 Å². The molecule has 0 amide bonds. The number of rotatable bonds is 50. The van der Waals surface area contributed by atoms with Crippen molar-refractivity contribution >= 4 is 17.9 Å². The zero-order chi connectivity index (χ0) is 45.1. The molecule has 0 radical (unpaired) electrons. The van der Waals surface area contributed by atoms with Crippen LogP contribution in [0.4, 0.5) is 0 Å². The smallest absolute Gasteiger partial charge is 0.306 e. The number of esters is 3. The van der Waals surface area contributed by atoms with Crippen LogP contribution in [0.15, 0.2) is 24.3 Å². The molecule has 0 aliphatic heterocycles. The van der Waals surface area contributed by atoms with Crippen LogP contribution in [0.1, 0.15) is 297 Å². The van der Waals surface area contributed by atoms with Crippen LogP contribution in [-0.4, -0.2) is 37.2 Å². The number of hydrogen-bond acceptors (Lipinski definition) is 6. The molecule has 0 aliphatic rings. The summed E-state index contributed by atoms with van der Waals surface area (Å²) in [6.07, 6.45) is 58.7. The highest BCUT2D eigenvalue weighted by atomic mass is 16.6. The summed E-state index contributed by atoms with van der Waals surface area (Å²) in [5.74, 6) is -0.860. The zero-order valence-electron chi connectivity index (χ0n) is 41.7. The van der Waals surface area contributed by atoms with E-state index in [2.05, 4.69) is 45.1 Å². The summed E-state index contributed by atoms with van der Waals surface area (Å²) in [5.41, 5.74) is 0. The van der Waals surface area contributed by atoms with Crippen molar-refractivity contribution in [1.29, 1.82) is 0 Å². The Bertz CT molecular complexity index is 1000. The average molecular weight is 873 g/mol. The van der Waals surface area contributed by atoms with Crippen molar-refractivity contribution in [2.75, 3.05) is 13.2 Å². The number of hydrogen-bond donors (Lipinski definition) is 0. The van der Waals surface area contributed by atoms with Gasteiger partial charge in [-0.1, -0.05) is 251 Å². The molecule has 0 bridgehead atoms. The highest BCUT2D eigenvalue weighted by molar-refractivity contribution is 5.71. The van der Waals surface area contributed by atoms with E-state index in [0.29, 0.717) is 19.3 Å². The Kier molecular flexibility index (Phi) is 49.8. The number of carbonyl (C=O) groups excluding carboxylic acids is 3. The standard InChI is InChI=1S/C56H104O6/c1-4-7-10-13-16-19-22-24-26-28-30-31-34-37-40-43-46-49-55(58)61-52-53(51-60-54(57)48-45-42-39-36-33-21-18-15-12-9-6-3)62-56(59)50-47-44-41-38-35-32-29-27-25-23-20-17-14-11-8-5-2/h16,19,24,26,53H,4-15,17-18,20-23,25,27-52H2,1-3H3/b19-16-,26-24-/t53-/m1/s1. The largest absolute Gasteiger partial charge is 0.462 e. The van der Waals surface area contributed by atoms with Gasteiger partial charge in [0.2, 0.25) is 0 Å². The molecule has 0 unspecified atom stereocenters. The van der Waals surface area contributed by atoms with Crippen molar-refractivity contribution in [3.05, 3.63) is 24.3 Å². The van der Waals surface area contributed by atoms with Crippen LogP contribution < -0.4 is 0 Å². The summed E-state index contributed by atoms with van der Waals surface area (Å²) < 4.78 is 16.8. The number of allylic oxidation sites excluding steroid dienone is 4. The lowest BCUT2D eigenvalue weighted by Crippen LogP contribution is -2.30. The Morgan fingerprint density at radius 2 is 0.581 bits per heavy atom. The van der Waals surface area contributed by atoms with Crippen LogP contribution in [0, 0.1) is 0 Å². The molecule has 0 N–H and O–H groups in total. The predicted molar refractivity (Wildman–Crippen MR) is 266 cm³/mol. The van der Waals surface area contributed by atoms with E-state index in [0.717, 1.165) is 70.6 Å². The van der Waals surface area contributed by atoms with Gasteiger partial charge in [0.1, 0.15) is 13.2 Å². The molecule has 0 aromatic rings. The monoisotopic (exact) mass is 873 g/mol. The van der Waals surface area contributed by atoms with Crippen LogP contribution >= 0.6 is 0 Å². The van der Waals surface area contributed by atoms with Gasteiger partial charge in [-0.25, -0.2) is 0 Å². The second-order valence-electron chi connectivity index (χ2n) is 18.5. The van der Waals surface area contributed by atoms with Crippen molar-refractivity contribution in [2.45, 2.75) is 303 Å². The molecule has 0 aromatic carbocycles. The van der Waals surface area contributed by atoms with E-state index >= 15 is 0 Å². The van der Waals surface area contributed by atoms with Gasteiger partial charge < -0.3 is 14.2 Å². The highest BCUT2D eigenvalue weighted by Crippen LogP contribution is 2.16. The number of unbranched alkanes of at least 4 members (excludes halogenated alkanes) is 35. The van der Waals surface area contributed by atoms with Gasteiger partial charge in [-0.3, -0.25) is 14.4 Å². The first-order valence-corrected chi connectivity index (χ1v) is 27.3. The molecule has 0 spiro atoms. The van der Waals surface area contributed by atoms with Gasteiger partial charge in [0.25, 0.3) is 0 Å². The van der Waals surface area contributed by atoms with E-state index < -0.39 is 6.10 Å². The molecule has 1 atom stereocenters. The zero-order valence-corrected chi connectivity index (χ0v) is 41.7. The van der Waals surface area contributed by atoms with Crippen molar-refractivity contribution < 1.29 is 28.6 Å². The Hall–Kier alpha value is -2.11. The highest BCUT2D eigenvalue weighted by Gasteiger charge is 2.19. The molecule has 62 heavy (non-hydrogen) atoms. The third-order valence-electron chi connectivity index (χ3n) is 12.2. The van der Waals surface area contributed by atoms with Crippen LogP contribution in [0.25, 0.3) is 0 Å². The summed E-state index contributed by atoms with van der Waals surface area (Å²) in [4.78, 5) is 38.0. The van der Waals surface area contributed by atoms with Gasteiger partial charge in [0.05, 0.1) is 0 Å². The normalized spacial score (nSPS) is 12.1. The minimum absolute atomic E-state index is 0.0686. The maximum atomic E-state index is 12.8.